The Labute approximate surface area is 128 Å². The first-order valence-corrected chi connectivity index (χ1v) is 7.74. The highest BCUT2D eigenvalue weighted by molar-refractivity contribution is 8.00. The molecular weight excluding hydrogens is 290 g/mol. The molecule has 0 aliphatic carbocycles. The van der Waals surface area contributed by atoms with Gasteiger partial charge in [0.25, 0.3) is 0 Å². The Kier molecular flexibility index (Phi) is 5.25. The summed E-state index contributed by atoms with van der Waals surface area (Å²) in [6.07, 6.45) is 0. The van der Waals surface area contributed by atoms with Gasteiger partial charge in [0.1, 0.15) is 0 Å². The number of thioether (sulfide) groups is 1. The molecule has 1 heterocycles. The molecule has 1 aromatic carbocycles. The Morgan fingerprint density at radius 1 is 1.33 bits per heavy atom. The van der Waals surface area contributed by atoms with Gasteiger partial charge in [-0.1, -0.05) is 6.07 Å². The average Bonchev–Trinajstić information content (AvgIpc) is 2.49. The highest BCUT2D eigenvalue weighted by Gasteiger charge is 2.23. The minimum absolute atomic E-state index is 0.0701. The van der Waals surface area contributed by atoms with Crippen LogP contribution in [-0.4, -0.2) is 53.4 Å². The Bertz CT molecular complexity index is 540. The van der Waals surface area contributed by atoms with E-state index >= 15 is 0 Å². The summed E-state index contributed by atoms with van der Waals surface area (Å²) in [5.41, 5.74) is 1.00. The Hall–Kier alpha value is -1.53. The van der Waals surface area contributed by atoms with Crippen LogP contribution in [-0.2, 0) is 9.53 Å². The number of carboxylic acid groups (broad SMARTS) is 1. The number of benzene rings is 1. The standard InChI is InChI=1S/C15H19NO4S/c1-10-3-4-12(9-13(10)15(18)19)21-11(2)14(17)16-5-7-20-8-6-16/h3-4,9,11H,5-8H2,1-2H3,(H,18,19). The van der Waals surface area contributed by atoms with Gasteiger partial charge in [-0.25, -0.2) is 4.79 Å². The number of rotatable bonds is 4. The molecule has 21 heavy (non-hydrogen) atoms. The molecular formula is C15H19NO4S. The third kappa shape index (κ3) is 3.98. The topological polar surface area (TPSA) is 66.8 Å². The summed E-state index contributed by atoms with van der Waals surface area (Å²) >= 11 is 1.39. The van der Waals surface area contributed by atoms with Crippen molar-refractivity contribution in [1.82, 2.24) is 4.90 Å². The average molecular weight is 309 g/mol. The molecule has 5 nitrogen and oxygen atoms in total. The zero-order chi connectivity index (χ0) is 15.4. The van der Waals surface area contributed by atoms with Crippen LogP contribution in [0.4, 0.5) is 0 Å². The summed E-state index contributed by atoms with van der Waals surface area (Å²) in [5.74, 6) is -0.872. The van der Waals surface area contributed by atoms with Crippen molar-refractivity contribution in [2.75, 3.05) is 26.3 Å². The van der Waals surface area contributed by atoms with Gasteiger partial charge in [0.2, 0.25) is 5.91 Å². The summed E-state index contributed by atoms with van der Waals surface area (Å²) in [4.78, 5) is 26.1. The molecule has 0 spiro atoms. The van der Waals surface area contributed by atoms with Crippen LogP contribution in [0.2, 0.25) is 0 Å². The van der Waals surface area contributed by atoms with E-state index in [9.17, 15) is 9.59 Å². The van der Waals surface area contributed by atoms with E-state index in [1.807, 2.05) is 13.0 Å². The van der Waals surface area contributed by atoms with Gasteiger partial charge in [0.05, 0.1) is 24.0 Å². The molecule has 2 rings (SSSR count). The van der Waals surface area contributed by atoms with Crippen LogP contribution in [0.1, 0.15) is 22.8 Å². The predicted octanol–water partition coefficient (Wildman–Crippen LogP) is 2.03. The van der Waals surface area contributed by atoms with Gasteiger partial charge in [-0.2, -0.15) is 0 Å². The maximum atomic E-state index is 12.3. The van der Waals surface area contributed by atoms with E-state index in [2.05, 4.69) is 0 Å². The highest BCUT2D eigenvalue weighted by atomic mass is 32.2. The number of carboxylic acids is 1. The molecule has 1 saturated heterocycles. The van der Waals surface area contributed by atoms with Crippen LogP contribution < -0.4 is 0 Å². The molecule has 1 amide bonds. The summed E-state index contributed by atoms with van der Waals surface area (Å²) in [6, 6.07) is 5.26. The van der Waals surface area contributed by atoms with Gasteiger partial charge < -0.3 is 14.7 Å². The quantitative estimate of drug-likeness (QED) is 0.862. The largest absolute Gasteiger partial charge is 0.478 e. The number of morpholine rings is 1. The SMILES string of the molecule is Cc1ccc(SC(C)C(=O)N2CCOCC2)cc1C(=O)O. The Morgan fingerprint density at radius 3 is 2.62 bits per heavy atom. The molecule has 0 aromatic heterocycles. The summed E-state index contributed by atoms with van der Waals surface area (Å²) in [6.45, 7) is 6.02. The number of nitrogens with zero attached hydrogens (tertiary/aromatic N) is 1. The molecule has 1 N–H and O–H groups in total. The van der Waals surface area contributed by atoms with Gasteiger partial charge in [-0.3, -0.25) is 4.79 Å². The fourth-order valence-corrected chi connectivity index (χ4v) is 3.19. The number of aromatic carboxylic acids is 1. The number of hydrogen-bond acceptors (Lipinski definition) is 4. The summed E-state index contributed by atoms with van der Waals surface area (Å²) in [5, 5.41) is 8.90. The van der Waals surface area contributed by atoms with Crippen molar-refractivity contribution >= 4 is 23.6 Å². The van der Waals surface area contributed by atoms with Gasteiger partial charge >= 0.3 is 5.97 Å². The molecule has 1 fully saturated rings. The van der Waals surface area contributed by atoms with Crippen molar-refractivity contribution in [3.8, 4) is 0 Å². The second-order valence-electron chi connectivity index (χ2n) is 4.98. The van der Waals surface area contributed by atoms with E-state index < -0.39 is 5.97 Å². The lowest BCUT2D eigenvalue weighted by Gasteiger charge is -2.29. The monoisotopic (exact) mass is 309 g/mol. The second-order valence-corrected chi connectivity index (χ2v) is 6.39. The molecule has 114 valence electrons. The molecule has 1 aromatic rings. The molecule has 1 aliphatic rings. The van der Waals surface area contributed by atoms with Crippen LogP contribution in [0.3, 0.4) is 0 Å². The lowest BCUT2D eigenvalue weighted by molar-refractivity contribution is -0.134. The van der Waals surface area contributed by atoms with Gasteiger partial charge in [0.15, 0.2) is 0 Å². The van der Waals surface area contributed by atoms with Crippen molar-refractivity contribution in [2.24, 2.45) is 0 Å². The lowest BCUT2D eigenvalue weighted by Crippen LogP contribution is -2.44. The predicted molar refractivity (Wildman–Crippen MR) is 80.9 cm³/mol. The number of carbonyl (C=O) groups is 2. The molecule has 0 saturated carbocycles. The van der Waals surface area contributed by atoms with Crippen molar-refractivity contribution in [1.29, 1.82) is 0 Å². The first-order chi connectivity index (χ1) is 9.99. The van der Waals surface area contributed by atoms with E-state index in [0.29, 0.717) is 26.3 Å². The Morgan fingerprint density at radius 2 is 2.00 bits per heavy atom. The molecule has 1 unspecified atom stereocenters. The van der Waals surface area contributed by atoms with E-state index in [1.54, 1.807) is 24.0 Å². The van der Waals surface area contributed by atoms with E-state index in [-0.39, 0.29) is 16.7 Å². The maximum Gasteiger partial charge on any atom is 0.335 e. The van der Waals surface area contributed by atoms with Crippen LogP contribution >= 0.6 is 11.8 Å². The van der Waals surface area contributed by atoms with Crippen LogP contribution in [0.15, 0.2) is 23.1 Å². The van der Waals surface area contributed by atoms with Crippen LogP contribution in [0, 0.1) is 6.92 Å². The van der Waals surface area contributed by atoms with Crippen molar-refractivity contribution in [3.63, 3.8) is 0 Å². The fourth-order valence-electron chi connectivity index (χ4n) is 2.20. The minimum Gasteiger partial charge on any atom is -0.478 e. The molecule has 0 radical (unpaired) electrons. The number of ether oxygens (including phenoxy) is 1. The highest BCUT2D eigenvalue weighted by Crippen LogP contribution is 2.27. The first-order valence-electron chi connectivity index (χ1n) is 6.86. The zero-order valence-electron chi connectivity index (χ0n) is 12.2. The van der Waals surface area contributed by atoms with E-state index in [4.69, 9.17) is 9.84 Å². The number of carbonyl (C=O) groups excluding carboxylic acids is 1. The van der Waals surface area contributed by atoms with Crippen molar-refractivity contribution in [3.05, 3.63) is 29.3 Å². The van der Waals surface area contributed by atoms with Crippen molar-refractivity contribution < 1.29 is 19.4 Å². The van der Waals surface area contributed by atoms with E-state index in [1.165, 1.54) is 11.8 Å². The van der Waals surface area contributed by atoms with Crippen LogP contribution in [0.5, 0.6) is 0 Å². The fraction of sp³-hybridized carbons (Fsp3) is 0.467. The molecule has 0 bridgehead atoms. The van der Waals surface area contributed by atoms with E-state index in [0.717, 1.165) is 10.5 Å². The minimum atomic E-state index is -0.942. The molecule has 1 atom stereocenters. The second kappa shape index (κ2) is 6.95. The van der Waals surface area contributed by atoms with Gasteiger partial charge in [-0.15, -0.1) is 11.8 Å². The number of aryl methyl sites for hydroxylation is 1. The third-order valence-corrected chi connectivity index (χ3v) is 4.50. The third-order valence-electron chi connectivity index (χ3n) is 3.42. The van der Waals surface area contributed by atoms with Gasteiger partial charge in [0, 0.05) is 18.0 Å². The smallest absolute Gasteiger partial charge is 0.335 e. The lowest BCUT2D eigenvalue weighted by atomic mass is 10.1. The maximum absolute atomic E-state index is 12.3. The zero-order valence-corrected chi connectivity index (χ0v) is 13.0. The van der Waals surface area contributed by atoms with Crippen LogP contribution in [0.25, 0.3) is 0 Å². The number of hydrogen-bond donors (Lipinski definition) is 1. The first kappa shape index (κ1) is 15.9. The summed E-state index contributed by atoms with van der Waals surface area (Å²) in [7, 11) is 0. The molecule has 1 aliphatic heterocycles. The van der Waals surface area contributed by atoms with Crippen molar-refractivity contribution in [2.45, 2.75) is 24.0 Å². The van der Waals surface area contributed by atoms with Gasteiger partial charge in [-0.05, 0) is 31.5 Å². The summed E-state index contributed by atoms with van der Waals surface area (Å²) < 4.78 is 5.24. The Balaban J connectivity index is 2.05. The number of amides is 1. The molecule has 6 heteroatoms. The normalized spacial score (nSPS) is 16.6.